The van der Waals surface area contributed by atoms with E-state index in [0.29, 0.717) is 25.7 Å². The van der Waals surface area contributed by atoms with Crippen molar-refractivity contribution in [3.8, 4) is 0 Å². The maximum Gasteiger partial charge on any atom is 0.472 e. The molecule has 576 valence electrons. The first kappa shape index (κ1) is 95.1. The molecule has 3 N–H and O–H groups in total. The summed E-state index contributed by atoms with van der Waals surface area (Å²) in [5, 5.41) is 10.6. The van der Waals surface area contributed by atoms with Gasteiger partial charge in [-0.3, -0.25) is 37.3 Å². The number of unbranched alkanes of at least 4 members (excludes halogenated alkanes) is 50. The zero-order valence-corrected chi connectivity index (χ0v) is 65.0. The van der Waals surface area contributed by atoms with E-state index in [4.69, 9.17) is 37.0 Å². The molecule has 5 atom stereocenters. The van der Waals surface area contributed by atoms with Gasteiger partial charge in [-0.1, -0.05) is 362 Å². The van der Waals surface area contributed by atoms with Crippen molar-refractivity contribution in [3.05, 3.63) is 0 Å². The fourth-order valence-corrected chi connectivity index (χ4v) is 13.6. The Labute approximate surface area is 594 Å². The van der Waals surface area contributed by atoms with Crippen molar-refractivity contribution in [2.24, 2.45) is 5.92 Å². The molecule has 0 aliphatic heterocycles. The second kappa shape index (κ2) is 71.1. The minimum atomic E-state index is -4.96. The summed E-state index contributed by atoms with van der Waals surface area (Å²) in [5.41, 5.74) is 0. The van der Waals surface area contributed by atoms with Crippen molar-refractivity contribution >= 4 is 39.5 Å². The first-order valence-electron chi connectivity index (χ1n) is 40.6. The zero-order chi connectivity index (χ0) is 71.2. The second-order valence-corrected chi connectivity index (χ2v) is 31.5. The number of ether oxygens (including phenoxy) is 4. The van der Waals surface area contributed by atoms with Crippen LogP contribution in [-0.2, 0) is 65.4 Å². The molecule has 0 amide bonds. The second-order valence-electron chi connectivity index (χ2n) is 28.6. The lowest BCUT2D eigenvalue weighted by Gasteiger charge is -2.21. The number of carbonyl (C=O) groups excluding carboxylic acids is 4. The first-order valence-corrected chi connectivity index (χ1v) is 43.6. The summed E-state index contributed by atoms with van der Waals surface area (Å²) in [6.07, 6.45) is 61.1. The number of phosphoric acid groups is 2. The molecule has 0 aliphatic carbocycles. The maximum absolute atomic E-state index is 13.1. The smallest absolute Gasteiger partial charge is 0.462 e. The predicted molar refractivity (Wildman–Crippen MR) is 395 cm³/mol. The third kappa shape index (κ3) is 72.2. The Kier molecular flexibility index (Phi) is 69.6. The number of rotatable bonds is 78. The van der Waals surface area contributed by atoms with Crippen LogP contribution in [0.15, 0.2) is 0 Å². The maximum atomic E-state index is 13.1. The Hall–Kier alpha value is -1.94. The average Bonchev–Trinajstić information content (AvgIpc) is 1.27. The molecule has 0 aromatic heterocycles. The molecule has 0 aromatic carbocycles. The van der Waals surface area contributed by atoms with Crippen LogP contribution in [0.25, 0.3) is 0 Å². The van der Waals surface area contributed by atoms with Gasteiger partial charge < -0.3 is 33.8 Å². The quantitative estimate of drug-likeness (QED) is 0.0222. The highest BCUT2D eigenvalue weighted by Gasteiger charge is 2.30. The van der Waals surface area contributed by atoms with Crippen molar-refractivity contribution in [1.29, 1.82) is 0 Å². The van der Waals surface area contributed by atoms with Gasteiger partial charge in [-0.15, -0.1) is 0 Å². The minimum absolute atomic E-state index is 0.107. The van der Waals surface area contributed by atoms with Crippen LogP contribution in [-0.4, -0.2) is 96.7 Å². The van der Waals surface area contributed by atoms with Gasteiger partial charge in [-0.25, -0.2) is 9.13 Å². The molecular formula is C78H152O17P2. The number of carbonyl (C=O) groups is 4. The van der Waals surface area contributed by atoms with Crippen molar-refractivity contribution < 1.29 is 80.2 Å². The van der Waals surface area contributed by atoms with Crippen LogP contribution in [0.5, 0.6) is 0 Å². The van der Waals surface area contributed by atoms with Crippen molar-refractivity contribution in [2.45, 2.75) is 432 Å². The molecule has 0 aliphatic rings. The molecule has 0 bridgehead atoms. The summed E-state index contributed by atoms with van der Waals surface area (Å²) in [5.74, 6) is -1.31. The van der Waals surface area contributed by atoms with Gasteiger partial charge in [0, 0.05) is 25.7 Å². The van der Waals surface area contributed by atoms with Crippen LogP contribution in [0.3, 0.4) is 0 Å². The van der Waals surface area contributed by atoms with Gasteiger partial charge in [0.15, 0.2) is 12.2 Å². The Bertz CT molecular complexity index is 1860. The van der Waals surface area contributed by atoms with E-state index >= 15 is 0 Å². The fraction of sp³-hybridized carbons (Fsp3) is 0.949. The third-order valence-corrected chi connectivity index (χ3v) is 20.2. The predicted octanol–water partition coefficient (Wildman–Crippen LogP) is 23.3. The molecule has 97 heavy (non-hydrogen) atoms. The SMILES string of the molecule is CCCCCCCCCCCCCCCCCCCCCCC(=O)O[C@H](COC(=O)CCCCCCCCCCCCCCCCC(C)C)COP(=O)(O)OC[C@@H](O)COP(=O)(O)OC[C@@H](COC(=O)CCCCCCCCCCC)OC(=O)CCCCCCCCCCCCC. The van der Waals surface area contributed by atoms with E-state index in [1.165, 1.54) is 238 Å². The van der Waals surface area contributed by atoms with Gasteiger partial charge in [0.2, 0.25) is 0 Å². The number of esters is 4. The lowest BCUT2D eigenvalue weighted by molar-refractivity contribution is -0.161. The van der Waals surface area contributed by atoms with E-state index < -0.39 is 97.5 Å². The molecule has 0 saturated heterocycles. The molecule has 0 fully saturated rings. The summed E-state index contributed by atoms with van der Waals surface area (Å²) < 4.78 is 68.5. The van der Waals surface area contributed by atoms with Gasteiger partial charge >= 0.3 is 39.5 Å². The number of phosphoric ester groups is 2. The van der Waals surface area contributed by atoms with Crippen LogP contribution >= 0.6 is 15.6 Å². The van der Waals surface area contributed by atoms with Gasteiger partial charge in [-0.05, 0) is 31.6 Å². The lowest BCUT2D eigenvalue weighted by Crippen LogP contribution is -2.30. The molecular weight excluding hydrogens is 1270 g/mol. The summed E-state index contributed by atoms with van der Waals surface area (Å²) in [7, 11) is -9.91. The minimum Gasteiger partial charge on any atom is -0.462 e. The van der Waals surface area contributed by atoms with Gasteiger partial charge in [-0.2, -0.15) is 0 Å². The topological polar surface area (TPSA) is 237 Å². The molecule has 0 spiro atoms. The largest absolute Gasteiger partial charge is 0.472 e. The van der Waals surface area contributed by atoms with Crippen molar-refractivity contribution in [2.75, 3.05) is 39.6 Å². The van der Waals surface area contributed by atoms with Crippen LogP contribution in [0.1, 0.15) is 413 Å². The van der Waals surface area contributed by atoms with Crippen molar-refractivity contribution in [1.82, 2.24) is 0 Å². The molecule has 0 heterocycles. The van der Waals surface area contributed by atoms with Gasteiger partial charge in [0.1, 0.15) is 19.3 Å². The van der Waals surface area contributed by atoms with Crippen molar-refractivity contribution in [3.63, 3.8) is 0 Å². The van der Waals surface area contributed by atoms with Crippen LogP contribution in [0.4, 0.5) is 0 Å². The highest BCUT2D eigenvalue weighted by atomic mass is 31.2. The highest BCUT2D eigenvalue weighted by molar-refractivity contribution is 7.47. The zero-order valence-electron chi connectivity index (χ0n) is 63.2. The number of hydrogen-bond acceptors (Lipinski definition) is 15. The fourth-order valence-electron chi connectivity index (χ4n) is 12.1. The van der Waals surface area contributed by atoms with E-state index in [2.05, 4.69) is 34.6 Å². The highest BCUT2D eigenvalue weighted by Crippen LogP contribution is 2.45. The molecule has 2 unspecified atom stereocenters. The summed E-state index contributed by atoms with van der Waals surface area (Å²) >= 11 is 0. The van der Waals surface area contributed by atoms with Crippen LogP contribution in [0.2, 0.25) is 0 Å². The van der Waals surface area contributed by atoms with E-state index in [9.17, 15) is 43.2 Å². The molecule has 0 rings (SSSR count). The number of aliphatic hydroxyl groups excluding tert-OH is 1. The molecule has 0 aromatic rings. The third-order valence-electron chi connectivity index (χ3n) is 18.3. The monoisotopic (exact) mass is 1420 g/mol. The average molecular weight is 1420 g/mol. The van der Waals surface area contributed by atoms with Crippen LogP contribution < -0.4 is 0 Å². The Morgan fingerprint density at radius 2 is 0.474 bits per heavy atom. The van der Waals surface area contributed by atoms with Gasteiger partial charge in [0.25, 0.3) is 0 Å². The lowest BCUT2D eigenvalue weighted by atomic mass is 10.0. The molecule has 0 saturated carbocycles. The van der Waals surface area contributed by atoms with E-state index in [1.54, 1.807) is 0 Å². The molecule has 17 nitrogen and oxygen atoms in total. The molecule has 0 radical (unpaired) electrons. The van der Waals surface area contributed by atoms with E-state index in [1.807, 2.05) is 0 Å². The standard InChI is InChI=1S/C78H152O17P2/c1-6-9-12-15-18-21-23-24-25-26-27-28-29-30-35-39-44-49-54-59-64-78(83)95-74(68-89-76(81)62-57-52-47-42-38-34-32-31-33-37-41-45-50-55-60-71(4)5)70-93-97(86,87)91-66-72(79)65-90-96(84,85)92-69-73(67-88-75(80)61-56-51-46-40-20-17-14-11-8-3)94-77(82)63-58-53-48-43-36-22-19-16-13-10-7-2/h71-74,79H,6-70H2,1-5H3,(H,84,85)(H,86,87)/t72-,73+,74+/m0/s1. The first-order chi connectivity index (χ1) is 47.0. The van der Waals surface area contributed by atoms with Crippen LogP contribution in [0, 0.1) is 5.92 Å². The Morgan fingerprint density at radius 3 is 0.701 bits per heavy atom. The summed E-state index contributed by atoms with van der Waals surface area (Å²) in [4.78, 5) is 72.8. The summed E-state index contributed by atoms with van der Waals surface area (Å²) in [6, 6.07) is 0. The normalized spacial score (nSPS) is 13.9. The summed E-state index contributed by atoms with van der Waals surface area (Å²) in [6.45, 7) is 7.31. The number of aliphatic hydroxyl groups is 1. The number of hydrogen-bond donors (Lipinski definition) is 3. The molecule has 19 heteroatoms. The van der Waals surface area contributed by atoms with E-state index in [0.717, 1.165) is 95.8 Å². The Balaban J connectivity index is 5.20. The van der Waals surface area contributed by atoms with Gasteiger partial charge in [0.05, 0.1) is 26.4 Å². The van der Waals surface area contributed by atoms with E-state index in [-0.39, 0.29) is 25.7 Å². The Morgan fingerprint density at radius 1 is 0.278 bits per heavy atom.